The molecule has 0 bridgehead atoms. The maximum Gasteiger partial charge on any atom is 0.267 e. The molecular weight excluding hydrogens is 232 g/mol. The molecule has 2 amide bonds. The molecule has 0 aliphatic heterocycles. The van der Waals surface area contributed by atoms with Gasteiger partial charge in [0.2, 0.25) is 0 Å². The first kappa shape index (κ1) is 14.1. The van der Waals surface area contributed by atoms with Crippen LogP contribution in [-0.4, -0.2) is 36.9 Å². The van der Waals surface area contributed by atoms with E-state index in [-0.39, 0.29) is 11.6 Å². The van der Waals surface area contributed by atoms with E-state index < -0.39 is 5.91 Å². The zero-order chi connectivity index (χ0) is 13.5. The third-order valence-electron chi connectivity index (χ3n) is 2.44. The molecule has 1 heterocycles. The molecule has 0 saturated carbocycles. The van der Waals surface area contributed by atoms with E-state index in [0.29, 0.717) is 18.0 Å². The highest BCUT2D eigenvalue weighted by Crippen LogP contribution is 2.00. The van der Waals surface area contributed by atoms with Crippen molar-refractivity contribution in [3.8, 4) is 0 Å². The van der Waals surface area contributed by atoms with Gasteiger partial charge in [-0.3, -0.25) is 14.6 Å². The third kappa shape index (κ3) is 4.14. The molecule has 0 unspecified atom stereocenters. The second-order valence-corrected chi connectivity index (χ2v) is 4.17. The van der Waals surface area contributed by atoms with Gasteiger partial charge in [-0.25, -0.2) is 0 Å². The fraction of sp³-hybridized carbons (Fsp3) is 0.417. The van der Waals surface area contributed by atoms with E-state index in [1.54, 1.807) is 0 Å². The molecule has 1 aromatic rings. The Labute approximate surface area is 106 Å². The molecule has 0 spiro atoms. The summed E-state index contributed by atoms with van der Waals surface area (Å²) in [4.78, 5) is 26.4. The number of primary amides is 1. The monoisotopic (exact) mass is 250 g/mol. The summed E-state index contributed by atoms with van der Waals surface area (Å²) in [6, 6.07) is 2.97. The van der Waals surface area contributed by atoms with Crippen LogP contribution in [0.1, 0.15) is 27.8 Å². The molecule has 1 aromatic heterocycles. The number of hydrogen-bond donors (Lipinski definition) is 3. The van der Waals surface area contributed by atoms with Gasteiger partial charge in [-0.05, 0) is 31.6 Å². The van der Waals surface area contributed by atoms with Crippen molar-refractivity contribution in [1.29, 1.82) is 0 Å². The van der Waals surface area contributed by atoms with Crippen molar-refractivity contribution in [2.24, 2.45) is 11.7 Å². The van der Waals surface area contributed by atoms with Gasteiger partial charge in [0.05, 0.1) is 5.56 Å². The van der Waals surface area contributed by atoms with Gasteiger partial charge in [-0.15, -0.1) is 0 Å². The SMILES string of the molecule is CNC[C@@H](C)CNC(=O)c1ccc(C(N)=O)nc1. The van der Waals surface area contributed by atoms with Gasteiger partial charge in [0, 0.05) is 12.7 Å². The summed E-state index contributed by atoms with van der Waals surface area (Å²) in [6.45, 7) is 3.45. The van der Waals surface area contributed by atoms with E-state index in [0.717, 1.165) is 6.54 Å². The molecule has 0 aromatic carbocycles. The zero-order valence-electron chi connectivity index (χ0n) is 10.6. The first-order chi connectivity index (χ1) is 8.54. The highest BCUT2D eigenvalue weighted by Gasteiger charge is 2.09. The fourth-order valence-electron chi connectivity index (χ4n) is 1.46. The molecule has 0 aliphatic rings. The summed E-state index contributed by atoms with van der Waals surface area (Å²) in [7, 11) is 1.87. The number of rotatable bonds is 6. The van der Waals surface area contributed by atoms with Crippen molar-refractivity contribution in [2.75, 3.05) is 20.1 Å². The van der Waals surface area contributed by atoms with Crippen LogP contribution in [0.25, 0.3) is 0 Å². The van der Waals surface area contributed by atoms with Crippen molar-refractivity contribution in [3.05, 3.63) is 29.6 Å². The lowest BCUT2D eigenvalue weighted by molar-refractivity contribution is 0.0944. The first-order valence-corrected chi connectivity index (χ1v) is 5.73. The van der Waals surface area contributed by atoms with Crippen LogP contribution in [-0.2, 0) is 0 Å². The van der Waals surface area contributed by atoms with Gasteiger partial charge >= 0.3 is 0 Å². The zero-order valence-corrected chi connectivity index (χ0v) is 10.6. The highest BCUT2D eigenvalue weighted by molar-refractivity contribution is 5.95. The number of nitrogens with one attached hydrogen (secondary N) is 2. The second-order valence-electron chi connectivity index (χ2n) is 4.17. The van der Waals surface area contributed by atoms with Gasteiger partial charge in [0.1, 0.15) is 5.69 Å². The molecule has 1 rings (SSSR count). The largest absolute Gasteiger partial charge is 0.364 e. The molecule has 0 saturated heterocycles. The molecule has 18 heavy (non-hydrogen) atoms. The van der Waals surface area contributed by atoms with Crippen molar-refractivity contribution < 1.29 is 9.59 Å². The third-order valence-corrected chi connectivity index (χ3v) is 2.44. The number of nitrogens with zero attached hydrogens (tertiary/aromatic N) is 1. The van der Waals surface area contributed by atoms with Gasteiger partial charge < -0.3 is 16.4 Å². The van der Waals surface area contributed by atoms with Crippen molar-refractivity contribution >= 4 is 11.8 Å². The van der Waals surface area contributed by atoms with Crippen LogP contribution in [0.3, 0.4) is 0 Å². The van der Waals surface area contributed by atoms with Crippen LogP contribution in [0.4, 0.5) is 0 Å². The smallest absolute Gasteiger partial charge is 0.267 e. The number of hydrogen-bond acceptors (Lipinski definition) is 4. The Balaban J connectivity index is 2.54. The molecule has 0 fully saturated rings. The van der Waals surface area contributed by atoms with Crippen LogP contribution >= 0.6 is 0 Å². The topological polar surface area (TPSA) is 97.1 Å². The minimum absolute atomic E-state index is 0.148. The van der Waals surface area contributed by atoms with Crippen LogP contribution < -0.4 is 16.4 Å². The predicted octanol–water partition coefficient (Wildman–Crippen LogP) is -0.234. The lowest BCUT2D eigenvalue weighted by atomic mass is 10.1. The van der Waals surface area contributed by atoms with Crippen molar-refractivity contribution in [1.82, 2.24) is 15.6 Å². The summed E-state index contributed by atoms with van der Waals surface area (Å²) >= 11 is 0. The summed E-state index contributed by atoms with van der Waals surface area (Å²) in [5.74, 6) is -0.470. The summed E-state index contributed by atoms with van der Waals surface area (Å²) in [5, 5.41) is 5.83. The maximum absolute atomic E-state index is 11.7. The molecule has 6 heteroatoms. The molecule has 6 nitrogen and oxygen atoms in total. The second kappa shape index (κ2) is 6.70. The minimum Gasteiger partial charge on any atom is -0.364 e. The Bertz CT molecular complexity index is 417. The Kier molecular flexibility index (Phi) is 5.26. The van der Waals surface area contributed by atoms with E-state index >= 15 is 0 Å². The van der Waals surface area contributed by atoms with Gasteiger partial charge in [0.25, 0.3) is 11.8 Å². The van der Waals surface area contributed by atoms with Crippen molar-refractivity contribution in [3.63, 3.8) is 0 Å². The average Bonchev–Trinajstić information content (AvgIpc) is 2.36. The average molecular weight is 250 g/mol. The minimum atomic E-state index is -0.607. The van der Waals surface area contributed by atoms with Gasteiger partial charge in [0.15, 0.2) is 0 Å². The Morgan fingerprint density at radius 3 is 2.61 bits per heavy atom. The number of nitrogens with two attached hydrogens (primary N) is 1. The maximum atomic E-state index is 11.7. The summed E-state index contributed by atoms with van der Waals surface area (Å²) < 4.78 is 0. The molecule has 1 atom stereocenters. The lowest BCUT2D eigenvalue weighted by Crippen LogP contribution is -2.32. The Morgan fingerprint density at radius 2 is 2.11 bits per heavy atom. The summed E-state index contributed by atoms with van der Waals surface area (Å²) in [6.07, 6.45) is 1.35. The Hall–Kier alpha value is -1.95. The molecule has 0 aliphatic carbocycles. The fourth-order valence-corrected chi connectivity index (χ4v) is 1.46. The number of amides is 2. The van der Waals surface area contributed by atoms with Crippen LogP contribution in [0.5, 0.6) is 0 Å². The van der Waals surface area contributed by atoms with E-state index in [9.17, 15) is 9.59 Å². The highest BCUT2D eigenvalue weighted by atomic mass is 16.2. The molecule has 0 radical (unpaired) electrons. The van der Waals surface area contributed by atoms with Crippen LogP contribution in [0.2, 0.25) is 0 Å². The van der Waals surface area contributed by atoms with E-state index in [1.807, 2.05) is 14.0 Å². The van der Waals surface area contributed by atoms with Crippen molar-refractivity contribution in [2.45, 2.75) is 6.92 Å². The first-order valence-electron chi connectivity index (χ1n) is 5.73. The number of pyridine rings is 1. The summed E-state index contributed by atoms with van der Waals surface area (Å²) in [5.41, 5.74) is 5.62. The molecule has 4 N–H and O–H groups in total. The molecule has 98 valence electrons. The van der Waals surface area contributed by atoms with Gasteiger partial charge in [-0.2, -0.15) is 0 Å². The standard InChI is InChI=1S/C12H18N4O2/c1-8(5-14-2)6-16-12(18)9-3-4-10(11(13)17)15-7-9/h3-4,7-8,14H,5-6H2,1-2H3,(H2,13,17)(H,16,18)/t8-/m1/s1. The number of carbonyl (C=O) groups is 2. The lowest BCUT2D eigenvalue weighted by Gasteiger charge is -2.11. The van der Waals surface area contributed by atoms with E-state index in [4.69, 9.17) is 5.73 Å². The van der Waals surface area contributed by atoms with Crippen LogP contribution in [0, 0.1) is 5.92 Å². The van der Waals surface area contributed by atoms with Gasteiger partial charge in [-0.1, -0.05) is 6.92 Å². The Morgan fingerprint density at radius 1 is 1.39 bits per heavy atom. The normalized spacial score (nSPS) is 11.9. The predicted molar refractivity (Wildman–Crippen MR) is 68.2 cm³/mol. The van der Waals surface area contributed by atoms with E-state index in [1.165, 1.54) is 18.3 Å². The number of aromatic nitrogens is 1. The quantitative estimate of drug-likeness (QED) is 0.649. The number of carbonyl (C=O) groups excluding carboxylic acids is 2. The molecular formula is C12H18N4O2. The van der Waals surface area contributed by atoms with Crippen LogP contribution in [0.15, 0.2) is 18.3 Å². The van der Waals surface area contributed by atoms with E-state index in [2.05, 4.69) is 15.6 Å².